The Bertz CT molecular complexity index is 858. The van der Waals surface area contributed by atoms with Gasteiger partial charge in [-0.3, -0.25) is 0 Å². The topological polar surface area (TPSA) is 108 Å². The maximum atomic E-state index is 11.5. The number of aromatic nitrogens is 3. The Morgan fingerprint density at radius 1 is 1.20 bits per heavy atom. The summed E-state index contributed by atoms with van der Waals surface area (Å²) in [5.41, 5.74) is 0.688. The molecule has 1 aliphatic heterocycles. The van der Waals surface area contributed by atoms with E-state index in [9.17, 15) is 9.90 Å². The van der Waals surface area contributed by atoms with Gasteiger partial charge >= 0.3 is 5.97 Å². The quantitative estimate of drug-likeness (QED) is 0.840. The molecule has 0 saturated carbocycles. The van der Waals surface area contributed by atoms with Gasteiger partial charge < -0.3 is 24.6 Å². The van der Waals surface area contributed by atoms with E-state index in [1.54, 1.807) is 29.8 Å². The van der Waals surface area contributed by atoms with E-state index in [1.807, 2.05) is 0 Å². The molecule has 0 spiro atoms. The van der Waals surface area contributed by atoms with E-state index in [-0.39, 0.29) is 5.70 Å². The number of anilines is 1. The standard InChI is InChI=1S/C16H18N4O5/c1-8-17-16-18-10(15(21)22)7-11(20(16)19-8)9-5-6-12(23-2)14(25-4)13(9)24-3/h5-7,11H,1-4H3,(H,21,22)(H,17,18,19)/t11-/m0/s1. The molecule has 0 radical (unpaired) electrons. The summed E-state index contributed by atoms with van der Waals surface area (Å²) < 4.78 is 17.8. The second-order valence-electron chi connectivity index (χ2n) is 5.31. The highest BCUT2D eigenvalue weighted by molar-refractivity contribution is 5.90. The van der Waals surface area contributed by atoms with Crippen LogP contribution >= 0.6 is 0 Å². The fourth-order valence-electron chi connectivity index (χ4n) is 2.80. The summed E-state index contributed by atoms with van der Waals surface area (Å²) in [5, 5.41) is 16.5. The SMILES string of the molecule is COc1ccc([C@@H]2C=C(C(=O)O)Nc3nc(C)nn32)c(OC)c1OC. The Kier molecular flexibility index (Phi) is 4.22. The maximum Gasteiger partial charge on any atom is 0.352 e. The highest BCUT2D eigenvalue weighted by Crippen LogP contribution is 2.44. The molecule has 1 aromatic heterocycles. The lowest BCUT2D eigenvalue weighted by atomic mass is 10.0. The summed E-state index contributed by atoms with van der Waals surface area (Å²) in [6.45, 7) is 1.73. The van der Waals surface area contributed by atoms with Crippen molar-refractivity contribution in [1.29, 1.82) is 0 Å². The van der Waals surface area contributed by atoms with Gasteiger partial charge in [-0.2, -0.15) is 10.1 Å². The molecule has 132 valence electrons. The normalized spacial score (nSPS) is 15.7. The molecule has 2 N–H and O–H groups in total. The number of aliphatic carboxylic acids is 1. The first-order valence-electron chi connectivity index (χ1n) is 7.44. The molecule has 0 saturated heterocycles. The molecule has 0 unspecified atom stereocenters. The Balaban J connectivity index is 2.22. The largest absolute Gasteiger partial charge is 0.493 e. The molecule has 1 aliphatic rings. The number of carboxylic acids is 1. The molecule has 9 heteroatoms. The third-order valence-corrected chi connectivity index (χ3v) is 3.86. The van der Waals surface area contributed by atoms with Crippen molar-refractivity contribution in [3.63, 3.8) is 0 Å². The van der Waals surface area contributed by atoms with Crippen molar-refractivity contribution >= 4 is 11.9 Å². The van der Waals surface area contributed by atoms with E-state index in [1.165, 1.54) is 21.3 Å². The van der Waals surface area contributed by atoms with Crippen molar-refractivity contribution in [1.82, 2.24) is 14.8 Å². The van der Waals surface area contributed by atoms with Crippen LogP contribution in [0.5, 0.6) is 17.2 Å². The molecule has 25 heavy (non-hydrogen) atoms. The molecule has 9 nitrogen and oxygen atoms in total. The molecular weight excluding hydrogens is 328 g/mol. The lowest BCUT2D eigenvalue weighted by Crippen LogP contribution is -2.24. The molecule has 0 amide bonds. The van der Waals surface area contributed by atoms with Gasteiger partial charge in [0.1, 0.15) is 17.6 Å². The number of fused-ring (bicyclic) bond motifs is 1. The van der Waals surface area contributed by atoms with Crippen LogP contribution in [0.15, 0.2) is 23.9 Å². The molecule has 0 bridgehead atoms. The second kappa shape index (κ2) is 6.34. The third-order valence-electron chi connectivity index (χ3n) is 3.86. The third kappa shape index (κ3) is 2.73. The molecule has 0 aliphatic carbocycles. The molecule has 2 aromatic rings. The Morgan fingerprint density at radius 3 is 2.52 bits per heavy atom. The van der Waals surface area contributed by atoms with Gasteiger partial charge in [0.25, 0.3) is 0 Å². The number of rotatable bonds is 5. The number of nitrogens with zero attached hydrogens (tertiary/aromatic N) is 3. The highest BCUT2D eigenvalue weighted by Gasteiger charge is 2.30. The summed E-state index contributed by atoms with van der Waals surface area (Å²) in [6.07, 6.45) is 1.55. The number of ether oxygens (including phenoxy) is 3. The van der Waals surface area contributed by atoms with Gasteiger partial charge in [-0.15, -0.1) is 0 Å². The minimum absolute atomic E-state index is 0.0155. The van der Waals surface area contributed by atoms with Crippen LogP contribution in [0, 0.1) is 6.92 Å². The zero-order chi connectivity index (χ0) is 18.1. The Hall–Kier alpha value is -3.23. The van der Waals surface area contributed by atoms with Crippen molar-refractivity contribution < 1.29 is 24.1 Å². The number of aryl methyl sites for hydroxylation is 1. The van der Waals surface area contributed by atoms with E-state index >= 15 is 0 Å². The van der Waals surface area contributed by atoms with Crippen LogP contribution in [0.1, 0.15) is 17.4 Å². The summed E-state index contributed by atoms with van der Waals surface area (Å²) in [7, 11) is 4.55. The number of benzene rings is 1. The number of nitrogens with one attached hydrogen (secondary N) is 1. The predicted molar refractivity (Wildman–Crippen MR) is 88.3 cm³/mol. The smallest absolute Gasteiger partial charge is 0.352 e. The zero-order valence-corrected chi connectivity index (χ0v) is 14.2. The van der Waals surface area contributed by atoms with E-state index in [2.05, 4.69) is 15.4 Å². The minimum atomic E-state index is -1.09. The van der Waals surface area contributed by atoms with Gasteiger partial charge in [-0.05, 0) is 25.1 Å². The Labute approximate surface area is 143 Å². The average Bonchev–Trinajstić information content (AvgIpc) is 2.99. The number of carbonyl (C=O) groups is 1. The molecule has 1 aromatic carbocycles. The first-order valence-corrected chi connectivity index (χ1v) is 7.44. The summed E-state index contributed by atoms with van der Waals surface area (Å²) in [5.74, 6) is 1.15. The summed E-state index contributed by atoms with van der Waals surface area (Å²) in [6, 6.07) is 2.99. The van der Waals surface area contributed by atoms with Crippen LogP contribution in [-0.4, -0.2) is 47.2 Å². The Morgan fingerprint density at radius 2 is 1.92 bits per heavy atom. The number of methoxy groups -OCH3 is 3. The predicted octanol–water partition coefficient (Wildman–Crippen LogP) is 1.60. The number of carboxylic acid groups (broad SMARTS) is 1. The van der Waals surface area contributed by atoms with Crippen LogP contribution in [0.3, 0.4) is 0 Å². The maximum absolute atomic E-state index is 11.5. The fraction of sp³-hybridized carbons (Fsp3) is 0.312. The van der Waals surface area contributed by atoms with Crippen molar-refractivity contribution in [2.75, 3.05) is 26.6 Å². The number of hydrogen-bond donors (Lipinski definition) is 2. The van der Waals surface area contributed by atoms with Gasteiger partial charge in [-0.1, -0.05) is 0 Å². The van der Waals surface area contributed by atoms with Crippen LogP contribution in [0.2, 0.25) is 0 Å². The van der Waals surface area contributed by atoms with Crippen molar-refractivity contribution in [3.05, 3.63) is 35.3 Å². The van der Waals surface area contributed by atoms with E-state index < -0.39 is 12.0 Å². The number of hydrogen-bond acceptors (Lipinski definition) is 7. The van der Waals surface area contributed by atoms with Gasteiger partial charge in [0, 0.05) is 5.56 Å². The van der Waals surface area contributed by atoms with Gasteiger partial charge in [0.2, 0.25) is 11.7 Å². The van der Waals surface area contributed by atoms with Gasteiger partial charge in [-0.25, -0.2) is 9.48 Å². The molecule has 0 fully saturated rings. The lowest BCUT2D eigenvalue weighted by Gasteiger charge is -2.25. The number of allylic oxidation sites excluding steroid dienone is 1. The second-order valence-corrected chi connectivity index (χ2v) is 5.31. The average molecular weight is 346 g/mol. The highest BCUT2D eigenvalue weighted by atomic mass is 16.5. The molecule has 3 rings (SSSR count). The van der Waals surface area contributed by atoms with Crippen molar-refractivity contribution in [2.45, 2.75) is 13.0 Å². The van der Waals surface area contributed by atoms with E-state index in [0.717, 1.165) is 0 Å². The lowest BCUT2D eigenvalue weighted by molar-refractivity contribution is -0.132. The molecule has 2 heterocycles. The first-order chi connectivity index (χ1) is 12.0. The van der Waals surface area contributed by atoms with E-state index in [4.69, 9.17) is 14.2 Å². The summed E-state index contributed by atoms with van der Waals surface area (Å²) in [4.78, 5) is 15.7. The molecular formula is C16H18N4O5. The van der Waals surface area contributed by atoms with Crippen molar-refractivity contribution in [3.8, 4) is 17.2 Å². The van der Waals surface area contributed by atoms with Crippen molar-refractivity contribution in [2.24, 2.45) is 0 Å². The van der Waals surface area contributed by atoms with E-state index in [0.29, 0.717) is 34.6 Å². The van der Waals surface area contributed by atoms with Crippen LogP contribution in [-0.2, 0) is 4.79 Å². The minimum Gasteiger partial charge on any atom is -0.493 e. The first kappa shape index (κ1) is 16.6. The van der Waals surface area contributed by atoms with Crippen LogP contribution in [0.25, 0.3) is 0 Å². The van der Waals surface area contributed by atoms with Crippen LogP contribution in [0.4, 0.5) is 5.95 Å². The molecule has 1 atom stereocenters. The summed E-state index contributed by atoms with van der Waals surface area (Å²) >= 11 is 0. The van der Waals surface area contributed by atoms with Gasteiger partial charge in [0.05, 0.1) is 21.3 Å². The zero-order valence-electron chi connectivity index (χ0n) is 14.2. The monoisotopic (exact) mass is 346 g/mol. The van der Waals surface area contributed by atoms with Gasteiger partial charge in [0.15, 0.2) is 11.5 Å². The van der Waals surface area contributed by atoms with Crippen LogP contribution < -0.4 is 19.5 Å². The fourth-order valence-corrected chi connectivity index (χ4v) is 2.80.